The first kappa shape index (κ1) is 17.2. The predicted molar refractivity (Wildman–Crippen MR) is 86.5 cm³/mol. The van der Waals surface area contributed by atoms with Gasteiger partial charge >= 0.3 is 0 Å². The number of aliphatic hydroxyl groups is 1. The van der Waals surface area contributed by atoms with Crippen molar-refractivity contribution in [1.29, 1.82) is 0 Å². The van der Waals surface area contributed by atoms with Crippen molar-refractivity contribution >= 4 is 0 Å². The van der Waals surface area contributed by atoms with E-state index in [9.17, 15) is 5.11 Å². The van der Waals surface area contributed by atoms with E-state index in [4.69, 9.17) is 4.74 Å². The van der Waals surface area contributed by atoms with Gasteiger partial charge in [0.25, 0.3) is 0 Å². The maximum Gasteiger partial charge on any atom is 0.0724 e. The third-order valence-corrected chi connectivity index (χ3v) is 5.84. The van der Waals surface area contributed by atoms with Crippen LogP contribution in [0.2, 0.25) is 0 Å². The smallest absolute Gasteiger partial charge is 0.0724 e. The molecule has 2 N–H and O–H groups in total. The van der Waals surface area contributed by atoms with Gasteiger partial charge in [-0.2, -0.15) is 0 Å². The van der Waals surface area contributed by atoms with Gasteiger partial charge in [0.15, 0.2) is 0 Å². The zero-order valence-electron chi connectivity index (χ0n) is 14.1. The molecule has 1 heterocycles. The van der Waals surface area contributed by atoms with Gasteiger partial charge in [-0.1, -0.05) is 20.3 Å². The maximum absolute atomic E-state index is 9.87. The molecule has 0 aromatic rings. The van der Waals surface area contributed by atoms with Crippen LogP contribution in [-0.2, 0) is 4.74 Å². The Morgan fingerprint density at radius 2 is 2.19 bits per heavy atom. The molecule has 0 bridgehead atoms. The zero-order chi connectivity index (χ0) is 15.3. The first-order valence-electron chi connectivity index (χ1n) is 8.76. The van der Waals surface area contributed by atoms with Crippen LogP contribution in [-0.4, -0.2) is 61.5 Å². The van der Waals surface area contributed by atoms with E-state index in [0.717, 1.165) is 26.1 Å². The van der Waals surface area contributed by atoms with Gasteiger partial charge in [0, 0.05) is 19.2 Å². The van der Waals surface area contributed by atoms with Crippen LogP contribution < -0.4 is 5.32 Å². The van der Waals surface area contributed by atoms with E-state index in [1.54, 1.807) is 0 Å². The van der Waals surface area contributed by atoms with Crippen molar-refractivity contribution in [2.45, 2.75) is 57.6 Å². The minimum absolute atomic E-state index is 0.0154. The highest BCUT2D eigenvalue weighted by atomic mass is 16.5. The number of nitrogens with zero attached hydrogens (tertiary/aromatic N) is 1. The lowest BCUT2D eigenvalue weighted by atomic mass is 9.84. The Kier molecular flexibility index (Phi) is 6.48. The number of aliphatic hydroxyl groups excluding tert-OH is 1. The Bertz CT molecular complexity index is 313. The quantitative estimate of drug-likeness (QED) is 0.753. The normalized spacial score (nSPS) is 38.0. The van der Waals surface area contributed by atoms with Crippen molar-refractivity contribution in [1.82, 2.24) is 10.2 Å². The molecule has 0 radical (unpaired) electrons. The summed E-state index contributed by atoms with van der Waals surface area (Å²) in [5.74, 6) is 1.29. The Morgan fingerprint density at radius 1 is 1.38 bits per heavy atom. The van der Waals surface area contributed by atoms with Crippen LogP contribution in [0.4, 0.5) is 0 Å². The lowest BCUT2D eigenvalue weighted by Crippen LogP contribution is -2.52. The van der Waals surface area contributed by atoms with E-state index in [2.05, 4.69) is 24.1 Å². The van der Waals surface area contributed by atoms with E-state index in [-0.39, 0.29) is 12.1 Å². The second kappa shape index (κ2) is 7.91. The Morgan fingerprint density at radius 3 is 2.86 bits per heavy atom. The molecule has 124 valence electrons. The second-order valence-electron chi connectivity index (χ2n) is 7.06. The zero-order valence-corrected chi connectivity index (χ0v) is 14.1. The maximum atomic E-state index is 9.87. The highest BCUT2D eigenvalue weighted by molar-refractivity contribution is 4.99. The Balaban J connectivity index is 1.84. The monoisotopic (exact) mass is 298 g/mol. The van der Waals surface area contributed by atoms with E-state index in [1.165, 1.54) is 32.2 Å². The summed E-state index contributed by atoms with van der Waals surface area (Å²) in [4.78, 5) is 2.56. The Labute approximate surface area is 130 Å². The number of hydrogen-bond donors (Lipinski definition) is 2. The molecule has 0 spiro atoms. The van der Waals surface area contributed by atoms with Gasteiger partial charge in [0.05, 0.1) is 12.7 Å². The molecule has 21 heavy (non-hydrogen) atoms. The summed E-state index contributed by atoms with van der Waals surface area (Å²) in [6.45, 7) is 9.07. The number of likely N-dealkylation sites (N-methyl/N-ethyl adjacent to an activating group) is 1. The van der Waals surface area contributed by atoms with Crippen LogP contribution in [0.25, 0.3) is 0 Å². The van der Waals surface area contributed by atoms with Crippen LogP contribution >= 0.6 is 0 Å². The molecule has 2 aliphatic rings. The summed E-state index contributed by atoms with van der Waals surface area (Å²) in [6.07, 6.45) is 6.44. The topological polar surface area (TPSA) is 44.7 Å². The highest BCUT2D eigenvalue weighted by Crippen LogP contribution is 2.38. The standard InChI is InChI=1S/C17H34N2O2/c1-4-18-17(13-20)9-5-6-15(17)8-11-19-10-7-14(2)16(12-19)21-3/h14-16,18,20H,4-13H2,1-3H3. The van der Waals surface area contributed by atoms with Crippen molar-refractivity contribution in [2.24, 2.45) is 11.8 Å². The fraction of sp³-hybridized carbons (Fsp3) is 1.00. The van der Waals surface area contributed by atoms with Gasteiger partial charge in [-0.05, 0) is 57.2 Å². The summed E-state index contributed by atoms with van der Waals surface area (Å²) in [5, 5.41) is 13.5. The molecule has 1 saturated carbocycles. The van der Waals surface area contributed by atoms with Crippen molar-refractivity contribution in [2.75, 3.05) is 39.9 Å². The van der Waals surface area contributed by atoms with Crippen LogP contribution in [0.3, 0.4) is 0 Å². The van der Waals surface area contributed by atoms with Gasteiger partial charge in [-0.15, -0.1) is 0 Å². The first-order valence-corrected chi connectivity index (χ1v) is 8.76. The number of rotatable bonds is 7. The molecular formula is C17H34N2O2. The SMILES string of the molecule is CCNC1(CO)CCCC1CCN1CCC(C)C(OC)C1. The molecule has 2 fully saturated rings. The summed E-state index contributed by atoms with van der Waals surface area (Å²) in [7, 11) is 1.84. The number of nitrogens with one attached hydrogen (secondary N) is 1. The lowest BCUT2D eigenvalue weighted by Gasteiger charge is -2.39. The molecular weight excluding hydrogens is 264 g/mol. The van der Waals surface area contributed by atoms with E-state index >= 15 is 0 Å². The van der Waals surface area contributed by atoms with Crippen LogP contribution in [0.1, 0.15) is 46.0 Å². The van der Waals surface area contributed by atoms with E-state index in [0.29, 0.717) is 17.9 Å². The number of hydrogen-bond acceptors (Lipinski definition) is 4. The predicted octanol–water partition coefficient (Wildman–Crippen LogP) is 1.87. The first-order chi connectivity index (χ1) is 10.1. The average Bonchev–Trinajstić information content (AvgIpc) is 2.90. The summed E-state index contributed by atoms with van der Waals surface area (Å²) >= 11 is 0. The van der Waals surface area contributed by atoms with Gasteiger partial charge in [-0.25, -0.2) is 0 Å². The third kappa shape index (κ3) is 3.98. The van der Waals surface area contributed by atoms with Gasteiger partial charge in [0.1, 0.15) is 0 Å². The van der Waals surface area contributed by atoms with Crippen LogP contribution in [0.15, 0.2) is 0 Å². The largest absolute Gasteiger partial charge is 0.394 e. The summed E-state index contributed by atoms with van der Waals surface area (Å²) in [5.41, 5.74) is -0.0154. The molecule has 0 aromatic heterocycles. The third-order valence-electron chi connectivity index (χ3n) is 5.84. The van der Waals surface area contributed by atoms with Crippen molar-refractivity contribution in [3.8, 4) is 0 Å². The highest BCUT2D eigenvalue weighted by Gasteiger charge is 2.41. The molecule has 1 aliphatic heterocycles. The number of methoxy groups -OCH3 is 1. The van der Waals surface area contributed by atoms with Crippen molar-refractivity contribution in [3.63, 3.8) is 0 Å². The summed E-state index contributed by atoms with van der Waals surface area (Å²) < 4.78 is 5.61. The molecule has 4 unspecified atom stereocenters. The number of piperidine rings is 1. The van der Waals surface area contributed by atoms with E-state index in [1.807, 2.05) is 7.11 Å². The lowest BCUT2D eigenvalue weighted by molar-refractivity contribution is -0.00790. The molecule has 0 aromatic carbocycles. The second-order valence-corrected chi connectivity index (χ2v) is 7.06. The van der Waals surface area contributed by atoms with Gasteiger partial charge in [-0.3, -0.25) is 0 Å². The molecule has 4 atom stereocenters. The van der Waals surface area contributed by atoms with Crippen LogP contribution in [0.5, 0.6) is 0 Å². The fourth-order valence-corrected chi connectivity index (χ4v) is 4.36. The fourth-order valence-electron chi connectivity index (χ4n) is 4.36. The van der Waals surface area contributed by atoms with E-state index < -0.39 is 0 Å². The molecule has 2 rings (SSSR count). The van der Waals surface area contributed by atoms with Gasteiger partial charge in [0.2, 0.25) is 0 Å². The van der Waals surface area contributed by atoms with Gasteiger partial charge < -0.3 is 20.1 Å². The number of ether oxygens (including phenoxy) is 1. The number of likely N-dealkylation sites (tertiary alicyclic amines) is 1. The molecule has 0 amide bonds. The van der Waals surface area contributed by atoms with Crippen molar-refractivity contribution < 1.29 is 9.84 Å². The van der Waals surface area contributed by atoms with Crippen molar-refractivity contribution in [3.05, 3.63) is 0 Å². The molecule has 4 heteroatoms. The van der Waals surface area contributed by atoms with Crippen LogP contribution in [0, 0.1) is 11.8 Å². The summed E-state index contributed by atoms with van der Waals surface area (Å²) in [6, 6.07) is 0. The molecule has 4 nitrogen and oxygen atoms in total. The molecule has 1 saturated heterocycles. The minimum Gasteiger partial charge on any atom is -0.394 e. The minimum atomic E-state index is -0.0154. The molecule has 1 aliphatic carbocycles. The Hall–Kier alpha value is -0.160. The average molecular weight is 298 g/mol.